The highest BCUT2D eigenvalue weighted by Gasteiger charge is 2.27. The van der Waals surface area contributed by atoms with Gasteiger partial charge < -0.3 is 15.3 Å². The highest BCUT2D eigenvalue weighted by atomic mass is 35.5. The normalized spacial score (nSPS) is 14.8. The number of hydrogen-bond donors (Lipinski definition) is 2. The van der Waals surface area contributed by atoms with E-state index in [2.05, 4.69) is 22.4 Å². The molecule has 3 aromatic rings. The highest BCUT2D eigenvalue weighted by molar-refractivity contribution is 6.31. The lowest BCUT2D eigenvalue weighted by Gasteiger charge is -2.34. The summed E-state index contributed by atoms with van der Waals surface area (Å²) >= 11 is 12.1. The average Bonchev–Trinajstić information content (AvgIpc) is 2.79. The van der Waals surface area contributed by atoms with Crippen molar-refractivity contribution in [3.63, 3.8) is 0 Å². The van der Waals surface area contributed by atoms with Crippen LogP contribution < -0.4 is 10.2 Å². The molecule has 0 radical (unpaired) electrons. The van der Waals surface area contributed by atoms with Crippen LogP contribution >= 0.6 is 23.2 Å². The second-order valence-electron chi connectivity index (χ2n) is 7.39. The number of halogens is 2. The van der Waals surface area contributed by atoms with Crippen molar-refractivity contribution in [1.29, 1.82) is 0 Å². The van der Waals surface area contributed by atoms with Crippen molar-refractivity contribution < 1.29 is 5.11 Å². The maximum absolute atomic E-state index is 9.59. The van der Waals surface area contributed by atoms with Gasteiger partial charge in [0.2, 0.25) is 0 Å². The minimum absolute atomic E-state index is 0.0268. The van der Waals surface area contributed by atoms with E-state index in [1.54, 1.807) is 0 Å². The van der Waals surface area contributed by atoms with E-state index in [1.807, 2.05) is 66.7 Å². The molecule has 6 heteroatoms. The molecule has 4 nitrogen and oxygen atoms in total. The van der Waals surface area contributed by atoms with Crippen molar-refractivity contribution in [1.82, 2.24) is 0 Å². The first kappa shape index (κ1) is 19.9. The minimum atomic E-state index is -0.0268. The van der Waals surface area contributed by atoms with Crippen LogP contribution in [0.4, 0.5) is 22.7 Å². The fourth-order valence-electron chi connectivity index (χ4n) is 3.78. The lowest BCUT2D eigenvalue weighted by atomic mass is 10.00. The number of nitrogens with one attached hydrogen (secondary N) is 1. The first-order valence-corrected chi connectivity index (χ1v) is 10.7. The standard InChI is InChI=1S/C25H19Cl2N3O/c26-17-2-6-19(7-3-17)28-20-8-12-25-23(14-20)29-22-13-16(15-31)1-11-24(22)30(25)21-9-4-18(27)5-10-21/h1-7,9-14,28,31H,8,15H2. The molecule has 0 saturated carbocycles. The van der Waals surface area contributed by atoms with Crippen molar-refractivity contribution in [2.75, 3.05) is 10.2 Å². The summed E-state index contributed by atoms with van der Waals surface area (Å²) in [6, 6.07) is 21.3. The minimum Gasteiger partial charge on any atom is -0.392 e. The molecule has 31 heavy (non-hydrogen) atoms. The molecule has 154 valence electrons. The molecule has 1 aliphatic heterocycles. The van der Waals surface area contributed by atoms with Gasteiger partial charge >= 0.3 is 0 Å². The quantitative estimate of drug-likeness (QED) is 0.452. The smallest absolute Gasteiger partial charge is 0.0892 e. The van der Waals surface area contributed by atoms with Crippen LogP contribution in [-0.4, -0.2) is 10.8 Å². The summed E-state index contributed by atoms with van der Waals surface area (Å²) in [5.41, 5.74) is 7.52. The number of aliphatic hydroxyl groups excluding tert-OH is 1. The van der Waals surface area contributed by atoms with Crippen LogP contribution in [0.25, 0.3) is 0 Å². The molecule has 0 bridgehead atoms. The molecule has 5 rings (SSSR count). The molecular formula is C25H19Cl2N3O. The first-order chi connectivity index (χ1) is 15.1. The highest BCUT2D eigenvalue weighted by Crippen LogP contribution is 2.43. The largest absolute Gasteiger partial charge is 0.392 e. The Morgan fingerprint density at radius 3 is 2.35 bits per heavy atom. The van der Waals surface area contributed by atoms with E-state index in [1.165, 1.54) is 0 Å². The average molecular weight is 448 g/mol. The fourth-order valence-corrected chi connectivity index (χ4v) is 4.04. The Hall–Kier alpha value is -3.05. The van der Waals surface area contributed by atoms with Crippen LogP contribution in [0.3, 0.4) is 0 Å². The summed E-state index contributed by atoms with van der Waals surface area (Å²) in [6.45, 7) is -0.0268. The number of aliphatic hydroxyl groups is 1. The number of rotatable bonds is 4. The molecule has 0 saturated heterocycles. The van der Waals surface area contributed by atoms with Gasteiger partial charge in [-0.1, -0.05) is 35.3 Å². The molecular weight excluding hydrogens is 429 g/mol. The molecule has 0 fully saturated rings. The summed E-state index contributed by atoms with van der Waals surface area (Å²) in [7, 11) is 0. The van der Waals surface area contributed by atoms with Crippen LogP contribution in [0, 0.1) is 0 Å². The zero-order valence-corrected chi connectivity index (χ0v) is 18.0. The number of benzene rings is 3. The lowest BCUT2D eigenvalue weighted by molar-refractivity contribution is 0.282. The molecule has 2 N–H and O–H groups in total. The third kappa shape index (κ3) is 3.98. The third-order valence-corrected chi connectivity index (χ3v) is 5.77. The van der Waals surface area contributed by atoms with Crippen LogP contribution in [0.2, 0.25) is 10.0 Å². The maximum atomic E-state index is 9.59. The Morgan fingerprint density at radius 2 is 1.65 bits per heavy atom. The third-order valence-electron chi connectivity index (χ3n) is 5.27. The second-order valence-corrected chi connectivity index (χ2v) is 8.26. The first-order valence-electron chi connectivity index (χ1n) is 9.92. The van der Waals surface area contributed by atoms with Crippen LogP contribution in [0.15, 0.2) is 95.3 Å². The Labute approximate surface area is 190 Å². The van der Waals surface area contributed by atoms with Crippen molar-refractivity contribution in [3.8, 4) is 0 Å². The molecule has 0 atom stereocenters. The van der Waals surface area contributed by atoms with Crippen molar-refractivity contribution in [3.05, 3.63) is 106 Å². The van der Waals surface area contributed by atoms with Gasteiger partial charge in [-0.3, -0.25) is 0 Å². The van der Waals surface area contributed by atoms with Gasteiger partial charge in [0.25, 0.3) is 0 Å². The van der Waals surface area contributed by atoms with E-state index in [9.17, 15) is 5.11 Å². The summed E-state index contributed by atoms with van der Waals surface area (Å²) in [5.74, 6) is 0. The van der Waals surface area contributed by atoms with Gasteiger partial charge in [-0.15, -0.1) is 0 Å². The number of fused-ring (bicyclic) bond motifs is 2. The van der Waals surface area contributed by atoms with Crippen molar-refractivity contribution in [2.45, 2.75) is 13.0 Å². The fraction of sp³-hybridized carbons (Fsp3) is 0.0800. The summed E-state index contributed by atoms with van der Waals surface area (Å²) in [4.78, 5) is 7.09. The lowest BCUT2D eigenvalue weighted by Crippen LogP contribution is -2.27. The van der Waals surface area contributed by atoms with Gasteiger partial charge in [0.1, 0.15) is 0 Å². The Balaban J connectivity index is 1.56. The maximum Gasteiger partial charge on any atom is 0.0892 e. The zero-order chi connectivity index (χ0) is 21.4. The number of allylic oxidation sites excluding steroid dienone is 2. The van der Waals surface area contributed by atoms with E-state index in [0.717, 1.165) is 51.8 Å². The Morgan fingerprint density at radius 1 is 0.935 bits per heavy atom. The predicted molar refractivity (Wildman–Crippen MR) is 129 cm³/mol. The van der Waals surface area contributed by atoms with Crippen molar-refractivity contribution in [2.24, 2.45) is 4.99 Å². The van der Waals surface area contributed by atoms with Gasteiger partial charge in [-0.05, 0) is 72.3 Å². The molecule has 3 aromatic carbocycles. The number of aliphatic imine (C=N–C) groups is 1. The van der Waals surface area contributed by atoms with E-state index in [-0.39, 0.29) is 6.61 Å². The van der Waals surface area contributed by atoms with E-state index >= 15 is 0 Å². The molecule has 0 amide bonds. The molecule has 0 spiro atoms. The number of hydrogen-bond acceptors (Lipinski definition) is 4. The topological polar surface area (TPSA) is 47.9 Å². The Bertz CT molecular complexity index is 1230. The van der Waals surface area contributed by atoms with E-state index in [4.69, 9.17) is 28.2 Å². The van der Waals surface area contributed by atoms with Crippen LogP contribution in [-0.2, 0) is 6.61 Å². The molecule has 1 heterocycles. The van der Waals surface area contributed by atoms with Gasteiger partial charge in [0, 0.05) is 33.5 Å². The van der Waals surface area contributed by atoms with Gasteiger partial charge in [-0.2, -0.15) is 0 Å². The van der Waals surface area contributed by atoms with Crippen LogP contribution in [0.1, 0.15) is 12.0 Å². The molecule has 2 aliphatic rings. The zero-order valence-electron chi connectivity index (χ0n) is 16.5. The van der Waals surface area contributed by atoms with Gasteiger partial charge in [0.05, 0.1) is 29.4 Å². The summed E-state index contributed by atoms with van der Waals surface area (Å²) < 4.78 is 0. The van der Waals surface area contributed by atoms with Gasteiger partial charge in [0.15, 0.2) is 0 Å². The van der Waals surface area contributed by atoms with Crippen LogP contribution in [0.5, 0.6) is 0 Å². The van der Waals surface area contributed by atoms with E-state index < -0.39 is 0 Å². The van der Waals surface area contributed by atoms with Crippen molar-refractivity contribution >= 4 is 51.7 Å². The molecule has 0 unspecified atom stereocenters. The Kier molecular flexibility index (Phi) is 5.28. The summed E-state index contributed by atoms with van der Waals surface area (Å²) in [5, 5.41) is 14.4. The summed E-state index contributed by atoms with van der Waals surface area (Å²) in [6.07, 6.45) is 4.99. The number of anilines is 3. The monoisotopic (exact) mass is 447 g/mol. The van der Waals surface area contributed by atoms with Gasteiger partial charge in [-0.25, -0.2) is 4.99 Å². The second kappa shape index (κ2) is 8.23. The molecule has 0 aromatic heterocycles. The molecule has 1 aliphatic carbocycles. The SMILES string of the molecule is OCc1ccc2c(c1)N=C1C=C(Nc3ccc(Cl)cc3)CC=C1N2c1ccc(Cl)cc1. The van der Waals surface area contributed by atoms with E-state index in [0.29, 0.717) is 10.0 Å². The number of nitrogens with zero attached hydrogens (tertiary/aromatic N) is 2. The predicted octanol–water partition coefficient (Wildman–Crippen LogP) is 6.99.